The topological polar surface area (TPSA) is 38.0 Å². The van der Waals surface area contributed by atoms with E-state index in [4.69, 9.17) is 17.3 Å². The summed E-state index contributed by atoms with van der Waals surface area (Å²) < 4.78 is 13.7. The molecule has 0 amide bonds. The SMILES string of the molecule is CC(C)C(C)(CN)NCc1cccc(Cl)c1F.Cl. The van der Waals surface area contributed by atoms with Crippen LogP contribution in [0.3, 0.4) is 0 Å². The second kappa shape index (κ2) is 7.29. The molecule has 0 aliphatic rings. The van der Waals surface area contributed by atoms with Gasteiger partial charge in [-0.15, -0.1) is 12.4 Å². The van der Waals surface area contributed by atoms with Crippen LogP contribution in [0.15, 0.2) is 18.2 Å². The summed E-state index contributed by atoms with van der Waals surface area (Å²) in [5.74, 6) is 0.0135. The molecule has 1 unspecified atom stereocenters. The van der Waals surface area contributed by atoms with Crippen molar-refractivity contribution in [1.29, 1.82) is 0 Å². The quantitative estimate of drug-likeness (QED) is 0.874. The lowest BCUT2D eigenvalue weighted by atomic mass is 9.88. The Morgan fingerprint density at radius 3 is 2.56 bits per heavy atom. The van der Waals surface area contributed by atoms with E-state index in [0.29, 0.717) is 24.6 Å². The van der Waals surface area contributed by atoms with Crippen molar-refractivity contribution in [2.45, 2.75) is 32.9 Å². The van der Waals surface area contributed by atoms with Crippen molar-refractivity contribution in [3.8, 4) is 0 Å². The summed E-state index contributed by atoms with van der Waals surface area (Å²) in [6, 6.07) is 5.02. The van der Waals surface area contributed by atoms with Gasteiger partial charge in [-0.25, -0.2) is 4.39 Å². The molecule has 0 saturated heterocycles. The highest BCUT2D eigenvalue weighted by molar-refractivity contribution is 6.30. The number of rotatable bonds is 5. The molecule has 5 heteroatoms. The van der Waals surface area contributed by atoms with Crippen molar-refractivity contribution >= 4 is 24.0 Å². The molecular formula is C13H21Cl2FN2. The summed E-state index contributed by atoms with van der Waals surface area (Å²) in [6.07, 6.45) is 0. The van der Waals surface area contributed by atoms with E-state index < -0.39 is 0 Å². The summed E-state index contributed by atoms with van der Waals surface area (Å²) in [7, 11) is 0. The van der Waals surface area contributed by atoms with Gasteiger partial charge in [0.25, 0.3) is 0 Å². The highest BCUT2D eigenvalue weighted by atomic mass is 35.5. The van der Waals surface area contributed by atoms with Gasteiger partial charge in [0.15, 0.2) is 0 Å². The van der Waals surface area contributed by atoms with Gasteiger partial charge in [0, 0.05) is 24.2 Å². The number of hydrogen-bond acceptors (Lipinski definition) is 2. The molecule has 3 N–H and O–H groups in total. The maximum atomic E-state index is 13.7. The fraction of sp³-hybridized carbons (Fsp3) is 0.538. The second-order valence-corrected chi connectivity index (χ2v) is 5.25. The molecule has 0 heterocycles. The molecule has 1 aromatic carbocycles. The van der Waals surface area contributed by atoms with Gasteiger partial charge in [-0.2, -0.15) is 0 Å². The first-order chi connectivity index (χ1) is 7.90. The Labute approximate surface area is 119 Å². The lowest BCUT2D eigenvalue weighted by Crippen LogP contribution is -2.52. The minimum absolute atomic E-state index is 0. The summed E-state index contributed by atoms with van der Waals surface area (Å²) in [5.41, 5.74) is 6.13. The highest BCUT2D eigenvalue weighted by Gasteiger charge is 2.26. The zero-order valence-corrected chi connectivity index (χ0v) is 12.5. The van der Waals surface area contributed by atoms with Crippen molar-refractivity contribution in [2.75, 3.05) is 6.54 Å². The van der Waals surface area contributed by atoms with Gasteiger partial charge in [-0.05, 0) is 18.9 Å². The van der Waals surface area contributed by atoms with Crippen molar-refractivity contribution in [2.24, 2.45) is 11.7 Å². The second-order valence-electron chi connectivity index (χ2n) is 4.84. The maximum absolute atomic E-state index is 13.7. The van der Waals surface area contributed by atoms with E-state index in [9.17, 15) is 4.39 Å². The van der Waals surface area contributed by atoms with Crippen LogP contribution in [0.5, 0.6) is 0 Å². The highest BCUT2D eigenvalue weighted by Crippen LogP contribution is 2.20. The Kier molecular flexibility index (Phi) is 7.15. The van der Waals surface area contributed by atoms with E-state index in [1.165, 1.54) is 0 Å². The molecule has 2 nitrogen and oxygen atoms in total. The van der Waals surface area contributed by atoms with Gasteiger partial charge in [0.1, 0.15) is 5.82 Å². The monoisotopic (exact) mass is 294 g/mol. The van der Waals surface area contributed by atoms with Gasteiger partial charge in [-0.1, -0.05) is 37.6 Å². The molecule has 1 rings (SSSR count). The number of hydrogen-bond donors (Lipinski definition) is 2. The lowest BCUT2D eigenvalue weighted by Gasteiger charge is -2.34. The summed E-state index contributed by atoms with van der Waals surface area (Å²) in [4.78, 5) is 0. The van der Waals surface area contributed by atoms with Crippen LogP contribution >= 0.6 is 24.0 Å². The Morgan fingerprint density at radius 2 is 2.06 bits per heavy atom. The van der Waals surface area contributed by atoms with E-state index in [2.05, 4.69) is 19.2 Å². The first kappa shape index (κ1) is 17.6. The third-order valence-corrected chi connectivity index (χ3v) is 3.70. The first-order valence-corrected chi connectivity index (χ1v) is 6.16. The predicted molar refractivity (Wildman–Crippen MR) is 77.8 cm³/mol. The molecule has 1 atom stereocenters. The van der Waals surface area contributed by atoms with E-state index in [1.807, 2.05) is 6.92 Å². The van der Waals surface area contributed by atoms with Crippen LogP contribution in [0.2, 0.25) is 5.02 Å². The minimum atomic E-state index is -0.357. The van der Waals surface area contributed by atoms with Crippen molar-refractivity contribution < 1.29 is 4.39 Å². The minimum Gasteiger partial charge on any atom is -0.329 e. The average molecular weight is 295 g/mol. The van der Waals surface area contributed by atoms with E-state index in [-0.39, 0.29) is 28.8 Å². The van der Waals surface area contributed by atoms with Crippen LogP contribution < -0.4 is 11.1 Å². The molecule has 0 saturated carbocycles. The van der Waals surface area contributed by atoms with Crippen LogP contribution in [0.1, 0.15) is 26.3 Å². The molecule has 1 aromatic rings. The van der Waals surface area contributed by atoms with Crippen molar-refractivity contribution in [3.05, 3.63) is 34.6 Å². The molecular weight excluding hydrogens is 274 g/mol. The zero-order valence-electron chi connectivity index (χ0n) is 11.0. The van der Waals surface area contributed by atoms with E-state index in [0.717, 1.165) is 0 Å². The first-order valence-electron chi connectivity index (χ1n) is 5.78. The van der Waals surface area contributed by atoms with Gasteiger partial charge in [-0.3, -0.25) is 0 Å². The number of halogens is 3. The average Bonchev–Trinajstić information content (AvgIpc) is 2.30. The van der Waals surface area contributed by atoms with Crippen molar-refractivity contribution in [1.82, 2.24) is 5.32 Å². The largest absolute Gasteiger partial charge is 0.329 e. The van der Waals surface area contributed by atoms with E-state index in [1.54, 1.807) is 18.2 Å². The van der Waals surface area contributed by atoms with Crippen LogP contribution in [-0.2, 0) is 6.54 Å². The molecule has 0 spiro atoms. The van der Waals surface area contributed by atoms with Gasteiger partial charge < -0.3 is 11.1 Å². The smallest absolute Gasteiger partial charge is 0.146 e. The van der Waals surface area contributed by atoms with Crippen LogP contribution in [-0.4, -0.2) is 12.1 Å². The summed E-state index contributed by atoms with van der Waals surface area (Å²) >= 11 is 5.73. The Bertz CT molecular complexity index is 385. The number of nitrogens with two attached hydrogens (primary N) is 1. The molecule has 0 aliphatic carbocycles. The van der Waals surface area contributed by atoms with Crippen molar-refractivity contribution in [3.63, 3.8) is 0 Å². The normalized spacial score (nSPS) is 14.2. The fourth-order valence-corrected chi connectivity index (χ4v) is 1.69. The lowest BCUT2D eigenvalue weighted by molar-refractivity contribution is 0.266. The van der Waals surface area contributed by atoms with Gasteiger partial charge >= 0.3 is 0 Å². The van der Waals surface area contributed by atoms with Crippen LogP contribution in [0.4, 0.5) is 4.39 Å². The Balaban J connectivity index is 0.00000289. The molecule has 0 bridgehead atoms. The van der Waals surface area contributed by atoms with E-state index >= 15 is 0 Å². The Morgan fingerprint density at radius 1 is 1.44 bits per heavy atom. The van der Waals surface area contributed by atoms with Gasteiger partial charge in [0.2, 0.25) is 0 Å². The maximum Gasteiger partial charge on any atom is 0.146 e. The molecule has 104 valence electrons. The summed E-state index contributed by atoms with van der Waals surface area (Å²) in [5, 5.41) is 3.46. The third kappa shape index (κ3) is 4.09. The van der Waals surface area contributed by atoms with Crippen LogP contribution in [0.25, 0.3) is 0 Å². The molecule has 18 heavy (non-hydrogen) atoms. The predicted octanol–water partition coefficient (Wildman–Crippen LogP) is 3.36. The zero-order chi connectivity index (χ0) is 13.1. The molecule has 0 radical (unpaired) electrons. The van der Waals surface area contributed by atoms with Crippen LogP contribution in [0, 0.1) is 11.7 Å². The summed E-state index contributed by atoms with van der Waals surface area (Å²) in [6.45, 7) is 7.16. The molecule has 0 aromatic heterocycles. The number of benzene rings is 1. The van der Waals surface area contributed by atoms with Gasteiger partial charge in [0.05, 0.1) is 5.02 Å². The molecule has 0 fully saturated rings. The standard InChI is InChI=1S/C13H20ClFN2.ClH/c1-9(2)13(3,8-16)17-7-10-5-4-6-11(14)12(10)15;/h4-6,9,17H,7-8,16H2,1-3H3;1H. The third-order valence-electron chi connectivity index (χ3n) is 3.41. The fourth-order valence-electron chi connectivity index (χ4n) is 1.49. The number of nitrogens with one attached hydrogen (secondary N) is 1. The Hall–Kier alpha value is -0.350. The molecule has 0 aliphatic heterocycles.